The summed E-state index contributed by atoms with van der Waals surface area (Å²) in [5.74, 6) is 2.84. The molecule has 1 amide bonds. The maximum Gasteiger partial charge on any atom is 0.227 e. The van der Waals surface area contributed by atoms with Gasteiger partial charge >= 0.3 is 0 Å². The highest BCUT2D eigenvalue weighted by atomic mass is 16.1. The molecule has 1 unspecified atom stereocenters. The Labute approximate surface area is 145 Å². The molecule has 24 heavy (non-hydrogen) atoms. The zero-order chi connectivity index (χ0) is 17.7. The van der Waals surface area contributed by atoms with Gasteiger partial charge < -0.3 is 15.1 Å². The average molecular weight is 333 g/mol. The summed E-state index contributed by atoms with van der Waals surface area (Å²) >= 11 is 0. The fraction of sp³-hybridized carbons (Fsp3) is 0.722. The van der Waals surface area contributed by atoms with E-state index in [4.69, 9.17) is 4.98 Å². The van der Waals surface area contributed by atoms with E-state index in [-0.39, 0.29) is 5.91 Å². The molecule has 0 bridgehead atoms. The second-order valence-electron chi connectivity index (χ2n) is 7.23. The third-order valence-electron chi connectivity index (χ3n) is 4.48. The lowest BCUT2D eigenvalue weighted by molar-refractivity contribution is -0.119. The van der Waals surface area contributed by atoms with Gasteiger partial charge in [0, 0.05) is 46.7 Å². The second-order valence-corrected chi connectivity index (χ2v) is 7.23. The number of amides is 1. The first kappa shape index (κ1) is 18.5. The SMILES string of the molecule is CC(=O)NCCC1CCCN(c2cc(C(C)C)nc(N(C)C)n2)C1. The number of rotatable bonds is 6. The van der Waals surface area contributed by atoms with Crippen molar-refractivity contribution in [1.29, 1.82) is 0 Å². The Hall–Kier alpha value is -1.85. The van der Waals surface area contributed by atoms with Gasteiger partial charge in [-0.3, -0.25) is 4.79 Å². The predicted molar refractivity (Wildman–Crippen MR) is 98.7 cm³/mol. The van der Waals surface area contributed by atoms with E-state index >= 15 is 0 Å². The zero-order valence-electron chi connectivity index (χ0n) is 15.7. The topological polar surface area (TPSA) is 61.4 Å². The Bertz CT molecular complexity index is 532. The smallest absolute Gasteiger partial charge is 0.227 e. The average Bonchev–Trinajstić information content (AvgIpc) is 2.54. The fourth-order valence-electron chi connectivity index (χ4n) is 3.06. The number of nitrogens with zero attached hydrogens (tertiary/aromatic N) is 4. The zero-order valence-corrected chi connectivity index (χ0v) is 15.7. The van der Waals surface area contributed by atoms with Crippen LogP contribution in [0.5, 0.6) is 0 Å². The number of hydrogen-bond acceptors (Lipinski definition) is 5. The van der Waals surface area contributed by atoms with Crippen molar-refractivity contribution in [3.8, 4) is 0 Å². The predicted octanol–water partition coefficient (Wildman–Crippen LogP) is 2.41. The highest BCUT2D eigenvalue weighted by Crippen LogP contribution is 2.27. The molecule has 1 aliphatic rings. The molecule has 0 spiro atoms. The highest BCUT2D eigenvalue weighted by molar-refractivity contribution is 5.72. The van der Waals surface area contributed by atoms with E-state index in [0.717, 1.165) is 43.5 Å². The van der Waals surface area contributed by atoms with Gasteiger partial charge in [0.15, 0.2) is 0 Å². The van der Waals surface area contributed by atoms with Crippen LogP contribution >= 0.6 is 0 Å². The first-order chi connectivity index (χ1) is 11.4. The lowest BCUT2D eigenvalue weighted by atomic mass is 9.94. The maximum atomic E-state index is 11.0. The molecule has 1 aromatic rings. The third-order valence-corrected chi connectivity index (χ3v) is 4.48. The van der Waals surface area contributed by atoms with Crippen LogP contribution in [0.2, 0.25) is 0 Å². The minimum absolute atomic E-state index is 0.0515. The van der Waals surface area contributed by atoms with E-state index in [1.807, 2.05) is 19.0 Å². The summed E-state index contributed by atoms with van der Waals surface area (Å²) in [6, 6.07) is 2.13. The molecule has 0 saturated carbocycles. The molecule has 0 radical (unpaired) electrons. The summed E-state index contributed by atoms with van der Waals surface area (Å²) in [5, 5.41) is 2.91. The number of piperidine rings is 1. The Kier molecular flexibility index (Phi) is 6.40. The van der Waals surface area contributed by atoms with Crippen LogP contribution < -0.4 is 15.1 Å². The minimum Gasteiger partial charge on any atom is -0.356 e. The van der Waals surface area contributed by atoms with Gasteiger partial charge in [-0.1, -0.05) is 13.8 Å². The quantitative estimate of drug-likeness (QED) is 0.866. The van der Waals surface area contributed by atoms with Gasteiger partial charge in [-0.05, 0) is 31.1 Å². The van der Waals surface area contributed by atoms with Crippen molar-refractivity contribution in [2.24, 2.45) is 5.92 Å². The Morgan fingerprint density at radius 1 is 1.42 bits per heavy atom. The van der Waals surface area contributed by atoms with Crippen LogP contribution in [0.1, 0.15) is 51.6 Å². The van der Waals surface area contributed by atoms with Crippen LogP contribution in [0.4, 0.5) is 11.8 Å². The molecule has 1 N–H and O–H groups in total. The molecule has 6 heteroatoms. The standard InChI is InChI=1S/C18H31N5O/c1-13(2)16-11-17(21-18(20-16)22(4)5)23-10-6-7-15(12-23)8-9-19-14(3)24/h11,13,15H,6-10,12H2,1-5H3,(H,19,24). The monoisotopic (exact) mass is 333 g/mol. The molecule has 0 aliphatic carbocycles. The van der Waals surface area contributed by atoms with E-state index in [1.54, 1.807) is 6.92 Å². The van der Waals surface area contributed by atoms with Crippen LogP contribution in [0, 0.1) is 5.92 Å². The van der Waals surface area contributed by atoms with E-state index in [0.29, 0.717) is 11.8 Å². The molecule has 0 aromatic carbocycles. The van der Waals surface area contributed by atoms with Gasteiger partial charge in [0.2, 0.25) is 11.9 Å². The number of aromatic nitrogens is 2. The summed E-state index contributed by atoms with van der Waals surface area (Å²) in [7, 11) is 3.96. The van der Waals surface area contributed by atoms with Crippen LogP contribution in [0.25, 0.3) is 0 Å². The largest absolute Gasteiger partial charge is 0.356 e. The molecular weight excluding hydrogens is 302 g/mol. The Morgan fingerprint density at radius 2 is 2.17 bits per heavy atom. The van der Waals surface area contributed by atoms with Gasteiger partial charge in [-0.25, -0.2) is 4.98 Å². The lowest BCUT2D eigenvalue weighted by Crippen LogP contribution is -2.37. The fourth-order valence-corrected chi connectivity index (χ4v) is 3.06. The van der Waals surface area contributed by atoms with Crippen molar-refractivity contribution in [2.45, 2.75) is 46.0 Å². The molecular formula is C18H31N5O. The van der Waals surface area contributed by atoms with Gasteiger partial charge in [-0.15, -0.1) is 0 Å². The maximum absolute atomic E-state index is 11.0. The van der Waals surface area contributed by atoms with Crippen LogP contribution in [-0.4, -0.2) is 49.6 Å². The third kappa shape index (κ3) is 5.08. The number of nitrogens with one attached hydrogen (secondary N) is 1. The molecule has 2 rings (SSSR count). The van der Waals surface area contributed by atoms with Crippen molar-refractivity contribution in [2.75, 3.05) is 43.5 Å². The summed E-state index contributed by atoms with van der Waals surface area (Å²) in [5.41, 5.74) is 1.09. The molecule has 1 fully saturated rings. The number of anilines is 2. The van der Waals surface area contributed by atoms with Crippen LogP contribution in [-0.2, 0) is 4.79 Å². The molecule has 1 aliphatic heterocycles. The molecule has 1 aromatic heterocycles. The van der Waals surface area contributed by atoms with Crippen molar-refractivity contribution < 1.29 is 4.79 Å². The second kappa shape index (κ2) is 8.31. The molecule has 1 atom stereocenters. The molecule has 1 saturated heterocycles. The van der Waals surface area contributed by atoms with E-state index < -0.39 is 0 Å². The Balaban J connectivity index is 2.10. The Morgan fingerprint density at radius 3 is 2.79 bits per heavy atom. The summed E-state index contributed by atoms with van der Waals surface area (Å²) in [6.07, 6.45) is 3.42. The summed E-state index contributed by atoms with van der Waals surface area (Å²) in [4.78, 5) is 24.8. The number of carbonyl (C=O) groups is 1. The van der Waals surface area contributed by atoms with Crippen molar-refractivity contribution in [1.82, 2.24) is 15.3 Å². The van der Waals surface area contributed by atoms with Crippen molar-refractivity contribution >= 4 is 17.7 Å². The minimum atomic E-state index is 0.0515. The van der Waals surface area contributed by atoms with Gasteiger partial charge in [0.05, 0.1) is 5.69 Å². The normalized spacial score (nSPS) is 17.9. The summed E-state index contributed by atoms with van der Waals surface area (Å²) < 4.78 is 0. The molecule has 6 nitrogen and oxygen atoms in total. The highest BCUT2D eigenvalue weighted by Gasteiger charge is 2.22. The number of hydrogen-bond donors (Lipinski definition) is 1. The molecule has 2 heterocycles. The first-order valence-corrected chi connectivity index (χ1v) is 8.92. The van der Waals surface area contributed by atoms with E-state index in [2.05, 4.69) is 35.1 Å². The summed E-state index contributed by atoms with van der Waals surface area (Å²) in [6.45, 7) is 8.71. The lowest BCUT2D eigenvalue weighted by Gasteiger charge is -2.34. The van der Waals surface area contributed by atoms with Crippen LogP contribution in [0.3, 0.4) is 0 Å². The van der Waals surface area contributed by atoms with Gasteiger partial charge in [0.25, 0.3) is 0 Å². The van der Waals surface area contributed by atoms with E-state index in [1.165, 1.54) is 12.8 Å². The van der Waals surface area contributed by atoms with Gasteiger partial charge in [0.1, 0.15) is 5.82 Å². The van der Waals surface area contributed by atoms with Gasteiger partial charge in [-0.2, -0.15) is 4.98 Å². The number of carbonyl (C=O) groups excluding carboxylic acids is 1. The molecule has 134 valence electrons. The van der Waals surface area contributed by atoms with Crippen molar-refractivity contribution in [3.05, 3.63) is 11.8 Å². The van der Waals surface area contributed by atoms with Crippen LogP contribution in [0.15, 0.2) is 6.07 Å². The first-order valence-electron chi connectivity index (χ1n) is 8.92. The van der Waals surface area contributed by atoms with Crippen molar-refractivity contribution in [3.63, 3.8) is 0 Å². The van der Waals surface area contributed by atoms with E-state index in [9.17, 15) is 4.79 Å².